The molecule has 0 bridgehead atoms. The first kappa shape index (κ1) is 20.7. The van der Waals surface area contributed by atoms with E-state index >= 15 is 0 Å². The molecule has 3 heterocycles. The van der Waals surface area contributed by atoms with Crippen LogP contribution in [0.15, 0.2) is 53.8 Å². The molecule has 1 saturated heterocycles. The Bertz CT molecular complexity index is 986. The van der Waals surface area contributed by atoms with Crippen LogP contribution in [0.5, 0.6) is 0 Å². The number of aryl methyl sites for hydroxylation is 1. The van der Waals surface area contributed by atoms with E-state index in [1.165, 1.54) is 17.3 Å². The number of benzene rings is 1. The third kappa shape index (κ3) is 4.94. The van der Waals surface area contributed by atoms with Crippen molar-refractivity contribution in [3.05, 3.63) is 65.1 Å². The molecule has 4 rings (SSSR count). The molecule has 3 aromatic rings. The average molecular weight is 443 g/mol. The lowest BCUT2D eigenvalue weighted by molar-refractivity contribution is -0.128. The fraction of sp³-hybridized carbons (Fsp3) is 0.333. The van der Waals surface area contributed by atoms with Crippen molar-refractivity contribution in [2.45, 2.75) is 18.6 Å². The molecule has 0 atom stereocenters. The van der Waals surface area contributed by atoms with E-state index in [0.29, 0.717) is 30.4 Å². The Morgan fingerprint density at radius 3 is 2.53 bits per heavy atom. The van der Waals surface area contributed by atoms with Gasteiger partial charge in [0, 0.05) is 32.4 Å². The van der Waals surface area contributed by atoms with Crippen LogP contribution in [-0.2, 0) is 11.3 Å². The van der Waals surface area contributed by atoms with E-state index < -0.39 is 0 Å². The van der Waals surface area contributed by atoms with E-state index in [4.69, 9.17) is 11.6 Å². The summed E-state index contributed by atoms with van der Waals surface area (Å²) in [4.78, 5) is 21.2. The van der Waals surface area contributed by atoms with Gasteiger partial charge in [-0.15, -0.1) is 10.2 Å². The minimum Gasteiger partial charge on any atom is -0.353 e. The number of aromatic nitrogens is 4. The molecule has 1 fully saturated rings. The third-order valence-electron chi connectivity index (χ3n) is 5.08. The summed E-state index contributed by atoms with van der Waals surface area (Å²) in [6, 6.07) is 13.9. The summed E-state index contributed by atoms with van der Waals surface area (Å²) in [5, 5.41) is 9.86. The summed E-state index contributed by atoms with van der Waals surface area (Å²) in [5.41, 5.74) is 1.18. The fourth-order valence-electron chi connectivity index (χ4n) is 3.37. The molecule has 0 aliphatic carbocycles. The number of amides is 1. The van der Waals surface area contributed by atoms with E-state index in [1.807, 2.05) is 42.2 Å². The average Bonchev–Trinajstić information content (AvgIpc) is 3.13. The van der Waals surface area contributed by atoms with Crippen molar-refractivity contribution >= 4 is 35.1 Å². The molecule has 2 aromatic heterocycles. The zero-order chi connectivity index (χ0) is 20.9. The lowest BCUT2D eigenvalue weighted by atomic mass is 10.2. The van der Waals surface area contributed by atoms with Gasteiger partial charge in [0.2, 0.25) is 5.91 Å². The molecular formula is C21H23ClN6OS. The largest absolute Gasteiger partial charge is 0.353 e. The van der Waals surface area contributed by atoms with Gasteiger partial charge in [-0.2, -0.15) is 0 Å². The number of carbonyl (C=O) groups is 1. The van der Waals surface area contributed by atoms with E-state index in [2.05, 4.69) is 36.8 Å². The Labute approximate surface area is 185 Å². The molecule has 156 valence electrons. The van der Waals surface area contributed by atoms with Crippen LogP contribution in [0.25, 0.3) is 0 Å². The van der Waals surface area contributed by atoms with Gasteiger partial charge in [0.15, 0.2) is 5.16 Å². The number of piperazine rings is 1. The van der Waals surface area contributed by atoms with Gasteiger partial charge in [-0.1, -0.05) is 53.7 Å². The Morgan fingerprint density at radius 1 is 1.07 bits per heavy atom. The van der Waals surface area contributed by atoms with E-state index in [0.717, 1.165) is 29.9 Å². The number of anilines is 1. The van der Waals surface area contributed by atoms with Gasteiger partial charge in [-0.05, 0) is 24.6 Å². The standard InChI is InChI=1S/C21H23ClN6OS/c1-16-24-25-21(28(16)14-17-5-3-2-4-6-17)30-15-20(29)27-11-9-26(10-12-27)19-8-7-18(22)13-23-19/h2-8,13H,9-12,14-15H2,1H3. The van der Waals surface area contributed by atoms with E-state index in [9.17, 15) is 4.79 Å². The van der Waals surface area contributed by atoms with Crippen LogP contribution in [0.2, 0.25) is 5.02 Å². The van der Waals surface area contributed by atoms with Crippen LogP contribution < -0.4 is 4.90 Å². The molecule has 1 aromatic carbocycles. The highest BCUT2D eigenvalue weighted by Crippen LogP contribution is 2.20. The lowest BCUT2D eigenvalue weighted by Gasteiger charge is -2.35. The second-order valence-corrected chi connectivity index (χ2v) is 8.47. The monoisotopic (exact) mass is 442 g/mol. The van der Waals surface area contributed by atoms with Crippen LogP contribution in [-0.4, -0.2) is 62.5 Å². The topological polar surface area (TPSA) is 67.2 Å². The van der Waals surface area contributed by atoms with Crippen molar-refractivity contribution in [3.8, 4) is 0 Å². The molecule has 9 heteroatoms. The summed E-state index contributed by atoms with van der Waals surface area (Å²) in [5.74, 6) is 2.21. The molecule has 7 nitrogen and oxygen atoms in total. The first-order valence-corrected chi connectivity index (χ1v) is 11.2. The van der Waals surface area contributed by atoms with E-state index in [1.54, 1.807) is 6.20 Å². The zero-order valence-electron chi connectivity index (χ0n) is 16.7. The number of nitrogens with zero attached hydrogens (tertiary/aromatic N) is 6. The highest BCUT2D eigenvalue weighted by Gasteiger charge is 2.22. The number of halogens is 1. The molecule has 0 unspecified atom stereocenters. The first-order chi connectivity index (χ1) is 14.6. The predicted molar refractivity (Wildman–Crippen MR) is 119 cm³/mol. The Kier molecular flexibility index (Phi) is 6.54. The lowest BCUT2D eigenvalue weighted by Crippen LogP contribution is -2.49. The smallest absolute Gasteiger partial charge is 0.233 e. The molecule has 0 spiro atoms. The summed E-state index contributed by atoms with van der Waals surface area (Å²) in [6.45, 7) is 5.51. The normalized spacial score (nSPS) is 14.2. The molecule has 0 N–H and O–H groups in total. The molecular weight excluding hydrogens is 420 g/mol. The highest BCUT2D eigenvalue weighted by atomic mass is 35.5. The molecule has 1 aliphatic heterocycles. The van der Waals surface area contributed by atoms with Crippen LogP contribution in [0.1, 0.15) is 11.4 Å². The first-order valence-electron chi connectivity index (χ1n) is 9.81. The molecule has 1 aliphatic rings. The zero-order valence-corrected chi connectivity index (χ0v) is 18.3. The maximum Gasteiger partial charge on any atom is 0.233 e. The quantitative estimate of drug-likeness (QED) is 0.546. The molecule has 0 radical (unpaired) electrons. The minimum absolute atomic E-state index is 0.121. The Morgan fingerprint density at radius 2 is 1.83 bits per heavy atom. The van der Waals surface area contributed by atoms with Crippen molar-refractivity contribution in [3.63, 3.8) is 0 Å². The van der Waals surface area contributed by atoms with Crippen molar-refractivity contribution in [1.82, 2.24) is 24.6 Å². The molecule has 0 saturated carbocycles. The van der Waals surface area contributed by atoms with Gasteiger partial charge in [0.1, 0.15) is 11.6 Å². The van der Waals surface area contributed by atoms with Gasteiger partial charge in [-0.25, -0.2) is 4.98 Å². The van der Waals surface area contributed by atoms with Gasteiger partial charge in [0.05, 0.1) is 17.3 Å². The second-order valence-electron chi connectivity index (χ2n) is 7.09. The Hall–Kier alpha value is -2.58. The van der Waals surface area contributed by atoms with Crippen LogP contribution in [0, 0.1) is 6.92 Å². The van der Waals surface area contributed by atoms with Crippen molar-refractivity contribution in [2.75, 3.05) is 36.8 Å². The minimum atomic E-state index is 0.121. The molecule has 30 heavy (non-hydrogen) atoms. The van der Waals surface area contributed by atoms with Crippen LogP contribution in [0.3, 0.4) is 0 Å². The van der Waals surface area contributed by atoms with Crippen molar-refractivity contribution in [1.29, 1.82) is 0 Å². The Balaban J connectivity index is 1.31. The number of rotatable bonds is 6. The van der Waals surface area contributed by atoms with Gasteiger partial charge < -0.3 is 14.4 Å². The number of pyridine rings is 1. The third-order valence-corrected chi connectivity index (χ3v) is 6.25. The fourth-order valence-corrected chi connectivity index (χ4v) is 4.37. The van der Waals surface area contributed by atoms with Gasteiger partial charge in [-0.3, -0.25) is 4.79 Å². The summed E-state index contributed by atoms with van der Waals surface area (Å²) in [7, 11) is 0. The summed E-state index contributed by atoms with van der Waals surface area (Å²) in [6.07, 6.45) is 1.65. The van der Waals surface area contributed by atoms with Crippen molar-refractivity contribution in [2.24, 2.45) is 0 Å². The van der Waals surface area contributed by atoms with Gasteiger partial charge >= 0.3 is 0 Å². The number of thioether (sulfide) groups is 1. The number of carbonyl (C=O) groups excluding carboxylic acids is 1. The summed E-state index contributed by atoms with van der Waals surface area (Å²) < 4.78 is 2.05. The number of hydrogen-bond acceptors (Lipinski definition) is 6. The second kappa shape index (κ2) is 9.49. The summed E-state index contributed by atoms with van der Waals surface area (Å²) >= 11 is 7.36. The molecule has 1 amide bonds. The van der Waals surface area contributed by atoms with Crippen molar-refractivity contribution < 1.29 is 4.79 Å². The van der Waals surface area contributed by atoms with E-state index in [-0.39, 0.29) is 5.91 Å². The maximum absolute atomic E-state index is 12.7. The maximum atomic E-state index is 12.7. The highest BCUT2D eigenvalue weighted by molar-refractivity contribution is 7.99. The SMILES string of the molecule is Cc1nnc(SCC(=O)N2CCN(c3ccc(Cl)cn3)CC2)n1Cc1ccccc1. The van der Waals surface area contributed by atoms with Crippen LogP contribution in [0.4, 0.5) is 5.82 Å². The predicted octanol–water partition coefficient (Wildman–Crippen LogP) is 3.12. The number of hydrogen-bond donors (Lipinski definition) is 0. The van der Waals surface area contributed by atoms with Crippen LogP contribution >= 0.6 is 23.4 Å². The van der Waals surface area contributed by atoms with Gasteiger partial charge in [0.25, 0.3) is 0 Å².